The summed E-state index contributed by atoms with van der Waals surface area (Å²) >= 11 is 0. The number of rotatable bonds is 5. The van der Waals surface area contributed by atoms with Crippen LogP contribution in [0.3, 0.4) is 0 Å². The minimum Gasteiger partial charge on any atom is -0.486 e. The number of carbonyl (C=O) groups excluding carboxylic acids is 4. The Hall–Kier alpha value is -3.88. The van der Waals surface area contributed by atoms with E-state index < -0.39 is 24.5 Å². The van der Waals surface area contributed by atoms with Crippen LogP contribution in [0.25, 0.3) is 0 Å². The van der Waals surface area contributed by atoms with Crippen LogP contribution in [-0.2, 0) is 9.53 Å². The molecule has 3 amide bonds. The number of ether oxygens (including phenoxy) is 3. The van der Waals surface area contributed by atoms with Crippen LogP contribution in [-0.4, -0.2) is 44.0 Å². The normalized spacial score (nSPS) is 11.9. The van der Waals surface area contributed by atoms with Crippen LogP contribution in [0, 0.1) is 0 Å². The molecule has 1 heterocycles. The molecule has 3 rings (SSSR count). The van der Waals surface area contributed by atoms with E-state index in [4.69, 9.17) is 14.2 Å². The zero-order valence-corrected chi connectivity index (χ0v) is 14.6. The van der Waals surface area contributed by atoms with Gasteiger partial charge in [-0.05, 0) is 24.3 Å². The van der Waals surface area contributed by atoms with Gasteiger partial charge in [-0.2, -0.15) is 0 Å². The van der Waals surface area contributed by atoms with Gasteiger partial charge in [0.05, 0.1) is 5.56 Å². The van der Waals surface area contributed by atoms with Crippen molar-refractivity contribution in [1.82, 2.24) is 5.32 Å². The molecule has 0 unspecified atom stereocenters. The highest BCUT2D eigenvalue weighted by Gasteiger charge is 2.15. The smallest absolute Gasteiger partial charge is 0.338 e. The van der Waals surface area contributed by atoms with Gasteiger partial charge in [0.15, 0.2) is 18.1 Å². The lowest BCUT2D eigenvalue weighted by Crippen LogP contribution is -2.37. The van der Waals surface area contributed by atoms with Crippen molar-refractivity contribution in [2.75, 3.05) is 25.1 Å². The summed E-state index contributed by atoms with van der Waals surface area (Å²) in [6.07, 6.45) is 0.642. The summed E-state index contributed by atoms with van der Waals surface area (Å²) in [7, 11) is 0. The van der Waals surface area contributed by atoms with Crippen molar-refractivity contribution in [3.63, 3.8) is 0 Å². The third-order valence-corrected chi connectivity index (χ3v) is 3.67. The number of imide groups is 1. The van der Waals surface area contributed by atoms with Crippen molar-refractivity contribution in [3.05, 3.63) is 53.6 Å². The highest BCUT2D eigenvalue weighted by Crippen LogP contribution is 2.32. The van der Waals surface area contributed by atoms with Crippen molar-refractivity contribution < 1.29 is 33.4 Å². The first-order valence-electron chi connectivity index (χ1n) is 8.28. The van der Waals surface area contributed by atoms with E-state index in [0.717, 1.165) is 0 Å². The van der Waals surface area contributed by atoms with E-state index in [9.17, 15) is 19.2 Å². The zero-order chi connectivity index (χ0) is 19.9. The molecule has 0 aliphatic carbocycles. The molecule has 0 bridgehead atoms. The van der Waals surface area contributed by atoms with Gasteiger partial charge in [0.2, 0.25) is 0 Å². The third kappa shape index (κ3) is 4.85. The van der Waals surface area contributed by atoms with Crippen molar-refractivity contribution in [2.24, 2.45) is 0 Å². The van der Waals surface area contributed by atoms with Crippen molar-refractivity contribution in [1.29, 1.82) is 0 Å². The first-order chi connectivity index (χ1) is 13.5. The predicted molar refractivity (Wildman–Crippen MR) is 96.7 cm³/mol. The molecule has 28 heavy (non-hydrogen) atoms. The lowest BCUT2D eigenvalue weighted by atomic mass is 10.1. The second kappa shape index (κ2) is 8.67. The van der Waals surface area contributed by atoms with Crippen molar-refractivity contribution >= 4 is 29.9 Å². The Bertz CT molecular complexity index is 909. The number of aldehydes is 1. The third-order valence-electron chi connectivity index (χ3n) is 3.67. The Morgan fingerprint density at radius 2 is 1.71 bits per heavy atom. The summed E-state index contributed by atoms with van der Waals surface area (Å²) in [5.74, 6) is -0.487. The highest BCUT2D eigenvalue weighted by molar-refractivity contribution is 6.02. The van der Waals surface area contributed by atoms with E-state index in [1.807, 2.05) is 5.32 Å². The topological polar surface area (TPSA) is 120 Å². The zero-order valence-electron chi connectivity index (χ0n) is 14.6. The van der Waals surface area contributed by atoms with Crippen LogP contribution in [0.15, 0.2) is 42.5 Å². The van der Waals surface area contributed by atoms with Gasteiger partial charge < -0.3 is 19.5 Å². The fourth-order valence-corrected chi connectivity index (χ4v) is 2.36. The Balaban J connectivity index is 1.46. The molecule has 1 aliphatic rings. The summed E-state index contributed by atoms with van der Waals surface area (Å²) in [5, 5.41) is 4.52. The van der Waals surface area contributed by atoms with Gasteiger partial charge in [-0.1, -0.05) is 12.1 Å². The molecule has 1 aliphatic heterocycles. The Morgan fingerprint density at radius 1 is 1.00 bits per heavy atom. The van der Waals surface area contributed by atoms with E-state index >= 15 is 0 Å². The number of benzene rings is 2. The van der Waals surface area contributed by atoms with E-state index in [1.165, 1.54) is 24.3 Å². The molecular weight excluding hydrogens is 368 g/mol. The maximum Gasteiger partial charge on any atom is 0.338 e. The Morgan fingerprint density at radius 3 is 2.43 bits per heavy atom. The van der Waals surface area contributed by atoms with Crippen LogP contribution >= 0.6 is 0 Å². The standard InChI is InChI=1S/C19H16N2O7/c22-10-12-1-3-13(4-2-12)18(24)28-11-17(23)21-19(25)20-14-5-6-15-16(9-14)27-8-7-26-15/h1-6,9-10H,7-8,11H2,(H2,20,21,23,25). The van der Waals surface area contributed by atoms with Gasteiger partial charge in [-0.15, -0.1) is 0 Å². The Labute approximate surface area is 159 Å². The number of esters is 1. The molecule has 2 N–H and O–H groups in total. The fraction of sp³-hybridized carbons (Fsp3) is 0.158. The molecule has 2 aromatic carbocycles. The number of urea groups is 1. The second-order valence-electron chi connectivity index (χ2n) is 5.68. The van der Waals surface area contributed by atoms with Gasteiger partial charge in [-0.25, -0.2) is 9.59 Å². The average molecular weight is 384 g/mol. The molecule has 0 saturated heterocycles. The first kappa shape index (κ1) is 18.9. The maximum absolute atomic E-state index is 11.9. The van der Waals surface area contributed by atoms with Crippen molar-refractivity contribution in [3.8, 4) is 11.5 Å². The van der Waals surface area contributed by atoms with Gasteiger partial charge in [0, 0.05) is 17.3 Å². The largest absolute Gasteiger partial charge is 0.486 e. The van der Waals surface area contributed by atoms with Crippen LogP contribution < -0.4 is 20.1 Å². The van der Waals surface area contributed by atoms with E-state index in [-0.39, 0.29) is 5.56 Å². The van der Waals surface area contributed by atoms with Crippen molar-refractivity contribution in [2.45, 2.75) is 0 Å². The molecule has 0 saturated carbocycles. The van der Waals surface area contributed by atoms with Crippen LogP contribution in [0.4, 0.5) is 10.5 Å². The number of anilines is 1. The SMILES string of the molecule is O=Cc1ccc(C(=O)OCC(=O)NC(=O)Nc2ccc3c(c2)OCCO3)cc1. The summed E-state index contributed by atoms with van der Waals surface area (Å²) in [6.45, 7) is 0.224. The van der Waals surface area contributed by atoms with E-state index in [2.05, 4.69) is 5.32 Å². The maximum atomic E-state index is 11.9. The number of nitrogens with one attached hydrogen (secondary N) is 2. The van der Waals surface area contributed by atoms with E-state index in [1.54, 1.807) is 18.2 Å². The summed E-state index contributed by atoms with van der Waals surface area (Å²) in [6, 6.07) is 9.73. The number of fused-ring (bicyclic) bond motifs is 1. The number of hydrogen-bond donors (Lipinski definition) is 2. The molecule has 0 spiro atoms. The highest BCUT2D eigenvalue weighted by atomic mass is 16.6. The monoisotopic (exact) mass is 384 g/mol. The quantitative estimate of drug-likeness (QED) is 0.595. The number of amides is 3. The van der Waals surface area contributed by atoms with E-state index in [0.29, 0.717) is 42.2 Å². The molecule has 9 nitrogen and oxygen atoms in total. The first-order valence-corrected chi connectivity index (χ1v) is 8.28. The summed E-state index contributed by atoms with van der Waals surface area (Å²) < 4.78 is 15.6. The van der Waals surface area contributed by atoms with Crippen LogP contribution in [0.5, 0.6) is 11.5 Å². The van der Waals surface area contributed by atoms with Crippen LogP contribution in [0.2, 0.25) is 0 Å². The van der Waals surface area contributed by atoms with Gasteiger partial charge in [0.25, 0.3) is 5.91 Å². The lowest BCUT2D eigenvalue weighted by Gasteiger charge is -2.19. The summed E-state index contributed by atoms with van der Waals surface area (Å²) in [5.41, 5.74) is 0.992. The molecule has 9 heteroatoms. The molecule has 0 atom stereocenters. The fourth-order valence-electron chi connectivity index (χ4n) is 2.36. The van der Waals surface area contributed by atoms with Gasteiger partial charge in [-0.3, -0.25) is 14.9 Å². The number of carbonyl (C=O) groups is 4. The molecule has 0 radical (unpaired) electrons. The van der Waals surface area contributed by atoms with Gasteiger partial charge >= 0.3 is 12.0 Å². The van der Waals surface area contributed by atoms with Crippen LogP contribution in [0.1, 0.15) is 20.7 Å². The minimum absolute atomic E-state index is 0.180. The summed E-state index contributed by atoms with van der Waals surface area (Å²) in [4.78, 5) is 46.1. The molecule has 144 valence electrons. The molecule has 0 fully saturated rings. The predicted octanol–water partition coefficient (Wildman–Crippen LogP) is 1.78. The minimum atomic E-state index is -0.798. The molecule has 2 aromatic rings. The Kier molecular flexibility index (Phi) is 5.85. The average Bonchev–Trinajstić information content (AvgIpc) is 2.72. The molecular formula is C19H16N2O7. The van der Waals surface area contributed by atoms with Gasteiger partial charge in [0.1, 0.15) is 19.5 Å². The lowest BCUT2D eigenvalue weighted by molar-refractivity contribution is -0.123. The second-order valence-corrected chi connectivity index (χ2v) is 5.68. The number of hydrogen-bond acceptors (Lipinski definition) is 7. The molecule has 0 aromatic heterocycles.